The SMILES string of the molecule is Cc1ccc(-c2cccc(-c3nn(-c4nc(C(=O)O)cs4)c(CC4CC4)c3Cc3ccc(NS(=O)[O-])c(F)c3)c2)cn1. The largest absolute Gasteiger partial charge is 0.755 e. The Morgan fingerprint density at radius 2 is 1.98 bits per heavy atom. The molecule has 1 aliphatic carbocycles. The first-order valence-electron chi connectivity index (χ1n) is 13.2. The summed E-state index contributed by atoms with van der Waals surface area (Å²) in [7, 11) is 0. The highest BCUT2D eigenvalue weighted by Gasteiger charge is 2.29. The minimum atomic E-state index is -2.65. The molecule has 3 aromatic heterocycles. The van der Waals surface area contributed by atoms with E-state index in [1.165, 1.54) is 28.8 Å². The Balaban J connectivity index is 1.50. The number of carbonyl (C=O) groups is 1. The molecular weight excluding hydrogens is 577 g/mol. The number of thiazole rings is 1. The summed E-state index contributed by atoms with van der Waals surface area (Å²) in [5, 5.41) is 16.4. The molecule has 1 unspecified atom stereocenters. The number of anilines is 1. The van der Waals surface area contributed by atoms with E-state index in [2.05, 4.69) is 14.7 Å². The average molecular weight is 603 g/mol. The van der Waals surface area contributed by atoms with Crippen molar-refractivity contribution >= 4 is 34.3 Å². The van der Waals surface area contributed by atoms with Crippen molar-refractivity contribution in [1.29, 1.82) is 0 Å². The van der Waals surface area contributed by atoms with Crippen molar-refractivity contribution in [2.24, 2.45) is 5.92 Å². The van der Waals surface area contributed by atoms with E-state index >= 15 is 0 Å². The topological polar surface area (TPSA) is 133 Å². The lowest BCUT2D eigenvalue weighted by molar-refractivity contribution is 0.0691. The van der Waals surface area contributed by atoms with Crippen LogP contribution in [0.15, 0.2) is 66.2 Å². The van der Waals surface area contributed by atoms with Crippen molar-refractivity contribution in [2.75, 3.05) is 4.72 Å². The molecule has 6 rings (SSSR count). The van der Waals surface area contributed by atoms with E-state index in [9.17, 15) is 23.1 Å². The second-order valence-corrected chi connectivity index (χ2v) is 11.8. The molecule has 3 heterocycles. The van der Waals surface area contributed by atoms with Crippen molar-refractivity contribution in [3.63, 3.8) is 0 Å². The van der Waals surface area contributed by atoms with E-state index in [-0.39, 0.29) is 11.4 Å². The van der Waals surface area contributed by atoms with Gasteiger partial charge < -0.3 is 14.4 Å². The van der Waals surface area contributed by atoms with Gasteiger partial charge in [-0.2, -0.15) is 5.10 Å². The van der Waals surface area contributed by atoms with E-state index in [0.717, 1.165) is 46.5 Å². The van der Waals surface area contributed by atoms with Crippen LogP contribution in [0.1, 0.15) is 45.8 Å². The number of benzene rings is 2. The molecule has 0 radical (unpaired) electrons. The molecule has 0 amide bonds. The number of carboxylic acids is 1. The Labute approximate surface area is 247 Å². The molecule has 0 aliphatic heterocycles. The number of halogens is 1. The monoisotopic (exact) mass is 602 g/mol. The third-order valence-electron chi connectivity index (χ3n) is 7.15. The molecule has 9 nitrogen and oxygen atoms in total. The number of hydrogen-bond acceptors (Lipinski definition) is 7. The van der Waals surface area contributed by atoms with Gasteiger partial charge in [-0.3, -0.25) is 9.19 Å². The second kappa shape index (κ2) is 11.6. The number of aromatic carboxylic acids is 1. The van der Waals surface area contributed by atoms with Crippen LogP contribution in [0.4, 0.5) is 10.1 Å². The maximum absolute atomic E-state index is 14.8. The molecule has 1 fully saturated rings. The average Bonchev–Trinajstić information content (AvgIpc) is 3.52. The quantitative estimate of drug-likeness (QED) is 0.189. The van der Waals surface area contributed by atoms with Crippen molar-refractivity contribution in [3.8, 4) is 27.5 Å². The zero-order valence-corrected chi connectivity index (χ0v) is 24.0. The van der Waals surface area contributed by atoms with Crippen LogP contribution < -0.4 is 4.72 Å². The second-order valence-electron chi connectivity index (χ2n) is 10.3. The maximum atomic E-state index is 14.8. The number of nitrogens with one attached hydrogen (secondary N) is 1. The van der Waals surface area contributed by atoms with E-state index in [1.807, 2.05) is 49.5 Å². The third kappa shape index (κ3) is 6.01. The first-order chi connectivity index (χ1) is 20.2. The number of carboxylic acid groups (broad SMARTS) is 1. The van der Waals surface area contributed by atoms with Gasteiger partial charge in [0.15, 0.2) is 5.69 Å². The zero-order chi connectivity index (χ0) is 29.4. The Morgan fingerprint density at radius 3 is 2.64 bits per heavy atom. The summed E-state index contributed by atoms with van der Waals surface area (Å²) < 4.78 is 40.7. The summed E-state index contributed by atoms with van der Waals surface area (Å²) in [5.74, 6) is -1.34. The van der Waals surface area contributed by atoms with Crippen LogP contribution in [-0.2, 0) is 24.1 Å². The highest BCUT2D eigenvalue weighted by Crippen LogP contribution is 2.39. The smallest absolute Gasteiger partial charge is 0.355 e. The van der Waals surface area contributed by atoms with Gasteiger partial charge in [-0.15, -0.1) is 11.3 Å². The molecule has 42 heavy (non-hydrogen) atoms. The number of rotatable bonds is 10. The predicted molar refractivity (Wildman–Crippen MR) is 158 cm³/mol. The van der Waals surface area contributed by atoms with E-state index < -0.39 is 23.1 Å². The molecule has 1 saturated carbocycles. The van der Waals surface area contributed by atoms with Gasteiger partial charge >= 0.3 is 5.97 Å². The first-order valence-corrected chi connectivity index (χ1v) is 15.2. The standard InChI is InChI=1S/C30H26FN5O4S2/c1-17-5-9-22(15-32-17)20-3-2-4-21(14-20)28-23(11-19-8-10-25(24(31)12-19)35-42(39)40)27(13-18-6-7-18)36(34-28)30-33-26(16-41-30)29(37)38/h2-5,8-10,12,14-16,18,35H,6-7,11,13H2,1H3,(H,37,38)(H,39,40)/p-1. The maximum Gasteiger partial charge on any atom is 0.355 e. The summed E-state index contributed by atoms with van der Waals surface area (Å²) in [6.07, 6.45) is 5.01. The van der Waals surface area contributed by atoms with Gasteiger partial charge in [-0.25, -0.2) is 18.9 Å². The summed E-state index contributed by atoms with van der Waals surface area (Å²) >= 11 is -1.45. The molecular formula is C30H25FN5O4S2-. The molecule has 0 spiro atoms. The van der Waals surface area contributed by atoms with Gasteiger partial charge in [0.1, 0.15) is 5.82 Å². The molecule has 2 N–H and O–H groups in total. The lowest BCUT2D eigenvalue weighted by Crippen LogP contribution is -2.07. The number of pyridine rings is 1. The minimum Gasteiger partial charge on any atom is -0.755 e. The highest BCUT2D eigenvalue weighted by atomic mass is 32.2. The van der Waals surface area contributed by atoms with Crippen molar-refractivity contribution in [3.05, 3.63) is 100 Å². The molecule has 0 saturated heterocycles. The summed E-state index contributed by atoms with van der Waals surface area (Å²) in [4.78, 5) is 20.4. The zero-order valence-electron chi connectivity index (χ0n) is 22.4. The lowest BCUT2D eigenvalue weighted by atomic mass is 9.95. The summed E-state index contributed by atoms with van der Waals surface area (Å²) in [6, 6.07) is 16.3. The molecule has 1 aliphatic rings. The molecule has 5 aromatic rings. The van der Waals surface area contributed by atoms with Crippen LogP contribution in [0.25, 0.3) is 27.5 Å². The minimum absolute atomic E-state index is 0.0549. The van der Waals surface area contributed by atoms with E-state index in [4.69, 9.17) is 5.10 Å². The lowest BCUT2D eigenvalue weighted by Gasteiger charge is -2.12. The number of aromatic nitrogens is 4. The fourth-order valence-electron chi connectivity index (χ4n) is 4.86. The fourth-order valence-corrected chi connectivity index (χ4v) is 5.97. The fraction of sp³-hybridized carbons (Fsp3) is 0.200. The molecule has 214 valence electrons. The Kier molecular flexibility index (Phi) is 7.67. The van der Waals surface area contributed by atoms with Crippen LogP contribution in [0, 0.1) is 18.7 Å². The molecule has 12 heteroatoms. The molecule has 0 bridgehead atoms. The van der Waals surface area contributed by atoms with Gasteiger partial charge in [-0.05, 0) is 67.5 Å². The number of hydrogen-bond donors (Lipinski definition) is 2. The van der Waals surface area contributed by atoms with Crippen LogP contribution in [-0.4, -0.2) is 39.6 Å². The molecule has 2 aromatic carbocycles. The number of aryl methyl sites for hydroxylation is 1. The van der Waals surface area contributed by atoms with Gasteiger partial charge in [0.25, 0.3) is 0 Å². The van der Waals surface area contributed by atoms with Crippen LogP contribution in [0.3, 0.4) is 0 Å². The normalized spacial score (nSPS) is 13.7. The summed E-state index contributed by atoms with van der Waals surface area (Å²) in [5.41, 5.74) is 6.57. The van der Waals surface area contributed by atoms with E-state index in [1.54, 1.807) is 10.7 Å². The van der Waals surface area contributed by atoms with Crippen LogP contribution in [0.2, 0.25) is 0 Å². The highest BCUT2D eigenvalue weighted by molar-refractivity contribution is 7.80. The van der Waals surface area contributed by atoms with Crippen molar-refractivity contribution in [2.45, 2.75) is 32.6 Å². The van der Waals surface area contributed by atoms with Crippen molar-refractivity contribution in [1.82, 2.24) is 19.7 Å². The Hall–Kier alpha value is -4.26. The summed E-state index contributed by atoms with van der Waals surface area (Å²) in [6.45, 7) is 1.93. The van der Waals surface area contributed by atoms with Gasteiger partial charge in [0, 0.05) is 51.6 Å². The van der Waals surface area contributed by atoms with E-state index in [0.29, 0.717) is 35.1 Å². The Morgan fingerprint density at radius 1 is 1.17 bits per heavy atom. The van der Waals surface area contributed by atoms with Gasteiger partial charge in [0.2, 0.25) is 5.13 Å². The van der Waals surface area contributed by atoms with Gasteiger partial charge in [-0.1, -0.05) is 30.3 Å². The number of nitrogens with zero attached hydrogens (tertiary/aromatic N) is 4. The van der Waals surface area contributed by atoms with Crippen molar-refractivity contribution < 1.29 is 23.1 Å². The third-order valence-corrected chi connectivity index (χ3v) is 8.35. The van der Waals surface area contributed by atoms with Gasteiger partial charge in [0.05, 0.1) is 17.1 Å². The Bertz CT molecular complexity index is 1810. The van der Waals surface area contributed by atoms with Crippen LogP contribution in [0.5, 0.6) is 0 Å². The first kappa shape index (κ1) is 27.9. The predicted octanol–water partition coefficient (Wildman–Crippen LogP) is 5.95. The molecule has 1 atom stereocenters. The van der Waals surface area contributed by atoms with Crippen LogP contribution >= 0.6 is 11.3 Å².